The lowest BCUT2D eigenvalue weighted by atomic mass is 9.72. The third-order valence-electron chi connectivity index (χ3n) is 4.47. The van der Waals surface area contributed by atoms with E-state index in [9.17, 15) is 0 Å². The van der Waals surface area contributed by atoms with Crippen LogP contribution < -0.4 is 5.73 Å². The van der Waals surface area contributed by atoms with Gasteiger partial charge >= 0.3 is 0 Å². The summed E-state index contributed by atoms with van der Waals surface area (Å²) >= 11 is 3.53. The molecule has 0 amide bonds. The van der Waals surface area contributed by atoms with Crippen LogP contribution in [0.5, 0.6) is 0 Å². The van der Waals surface area contributed by atoms with Gasteiger partial charge in [0.2, 0.25) is 0 Å². The molecule has 0 saturated heterocycles. The molecular weight excluding hydrogens is 314 g/mol. The van der Waals surface area contributed by atoms with Crippen LogP contribution in [0.2, 0.25) is 0 Å². The number of benzene rings is 1. The van der Waals surface area contributed by atoms with Gasteiger partial charge in [0.25, 0.3) is 0 Å². The Morgan fingerprint density at radius 1 is 1.25 bits per heavy atom. The van der Waals surface area contributed by atoms with Gasteiger partial charge in [-0.25, -0.2) is 0 Å². The van der Waals surface area contributed by atoms with E-state index in [0.29, 0.717) is 5.82 Å². The smallest absolute Gasteiger partial charge is 0.153 e. The maximum absolute atomic E-state index is 6.13. The molecule has 1 saturated carbocycles. The fourth-order valence-corrected chi connectivity index (χ4v) is 3.71. The SMILES string of the molecule is CC1(c2[nH]nc(N)c2-c2cccc(Br)c2)CCCCC1. The molecule has 20 heavy (non-hydrogen) atoms. The monoisotopic (exact) mass is 333 g/mol. The van der Waals surface area contributed by atoms with Crippen LogP contribution in [0.4, 0.5) is 5.82 Å². The molecular formula is C16H20BrN3. The maximum atomic E-state index is 6.13. The summed E-state index contributed by atoms with van der Waals surface area (Å²) in [6.45, 7) is 2.33. The van der Waals surface area contributed by atoms with Gasteiger partial charge in [-0.2, -0.15) is 5.10 Å². The number of H-pyrrole nitrogens is 1. The van der Waals surface area contributed by atoms with Gasteiger partial charge in [-0.1, -0.05) is 54.2 Å². The number of hydrogen-bond donors (Lipinski definition) is 2. The van der Waals surface area contributed by atoms with E-state index in [1.807, 2.05) is 12.1 Å². The van der Waals surface area contributed by atoms with Gasteiger partial charge in [0.15, 0.2) is 5.82 Å². The molecule has 3 N–H and O–H groups in total. The maximum Gasteiger partial charge on any atom is 0.153 e. The van der Waals surface area contributed by atoms with Crippen molar-refractivity contribution in [2.45, 2.75) is 44.4 Å². The summed E-state index contributed by atoms with van der Waals surface area (Å²) < 4.78 is 1.07. The molecule has 1 aromatic carbocycles. The molecule has 0 spiro atoms. The Kier molecular flexibility index (Phi) is 3.59. The standard InChI is InChI=1S/C16H20BrN3/c1-16(8-3-2-4-9-16)14-13(15(18)20-19-14)11-6-5-7-12(17)10-11/h5-7,10H,2-4,8-9H2,1H3,(H3,18,19,20). The molecule has 0 bridgehead atoms. The van der Waals surface area contributed by atoms with Gasteiger partial charge in [-0.05, 0) is 30.5 Å². The third kappa shape index (κ3) is 2.37. The number of hydrogen-bond acceptors (Lipinski definition) is 2. The molecule has 3 nitrogen and oxygen atoms in total. The first-order chi connectivity index (χ1) is 9.60. The number of rotatable bonds is 2. The summed E-state index contributed by atoms with van der Waals surface area (Å²) in [4.78, 5) is 0. The molecule has 0 unspecified atom stereocenters. The van der Waals surface area contributed by atoms with Crippen LogP contribution in [0, 0.1) is 0 Å². The molecule has 3 rings (SSSR count). The fraction of sp³-hybridized carbons (Fsp3) is 0.438. The molecule has 106 valence electrons. The highest BCUT2D eigenvalue weighted by Gasteiger charge is 2.33. The minimum absolute atomic E-state index is 0.167. The van der Waals surface area contributed by atoms with Crippen LogP contribution in [0.3, 0.4) is 0 Å². The number of nitrogens with two attached hydrogens (primary N) is 1. The van der Waals surface area contributed by atoms with E-state index in [2.05, 4.69) is 45.2 Å². The number of nitrogen functional groups attached to an aromatic ring is 1. The van der Waals surface area contributed by atoms with Crippen LogP contribution in [0.1, 0.15) is 44.7 Å². The first-order valence-corrected chi connectivity index (χ1v) is 8.00. The van der Waals surface area contributed by atoms with E-state index in [1.165, 1.54) is 37.8 Å². The molecule has 2 aromatic rings. The average molecular weight is 334 g/mol. The summed E-state index contributed by atoms with van der Waals surface area (Å²) in [6.07, 6.45) is 6.32. The van der Waals surface area contributed by atoms with Crippen molar-refractivity contribution in [1.82, 2.24) is 10.2 Å². The third-order valence-corrected chi connectivity index (χ3v) is 4.96. The summed E-state index contributed by atoms with van der Waals surface area (Å²) in [7, 11) is 0. The van der Waals surface area contributed by atoms with E-state index >= 15 is 0 Å². The Morgan fingerprint density at radius 2 is 2.00 bits per heavy atom. The number of nitrogens with zero attached hydrogens (tertiary/aromatic N) is 1. The summed E-state index contributed by atoms with van der Waals surface area (Å²) in [5.74, 6) is 0.602. The topological polar surface area (TPSA) is 54.7 Å². The van der Waals surface area contributed by atoms with Crippen LogP contribution in [0.25, 0.3) is 11.1 Å². The van der Waals surface area contributed by atoms with Gasteiger partial charge < -0.3 is 5.73 Å². The summed E-state index contributed by atoms with van der Waals surface area (Å²) in [5.41, 5.74) is 9.71. The highest BCUT2D eigenvalue weighted by Crippen LogP contribution is 2.44. The second-order valence-electron chi connectivity index (χ2n) is 5.99. The Hall–Kier alpha value is -1.29. The van der Waals surface area contributed by atoms with E-state index in [0.717, 1.165) is 15.6 Å². The molecule has 1 heterocycles. The van der Waals surface area contributed by atoms with Gasteiger partial charge in [0, 0.05) is 15.5 Å². The highest BCUT2D eigenvalue weighted by atomic mass is 79.9. The minimum atomic E-state index is 0.167. The van der Waals surface area contributed by atoms with Crippen molar-refractivity contribution in [3.8, 4) is 11.1 Å². The van der Waals surface area contributed by atoms with Crippen molar-refractivity contribution in [2.75, 3.05) is 5.73 Å². The Bertz CT molecular complexity index is 612. The normalized spacial score (nSPS) is 18.1. The predicted octanol–water partition coefficient (Wildman–Crippen LogP) is 4.64. The van der Waals surface area contributed by atoms with E-state index in [-0.39, 0.29) is 5.41 Å². The van der Waals surface area contributed by atoms with Crippen molar-refractivity contribution in [1.29, 1.82) is 0 Å². The zero-order valence-corrected chi connectivity index (χ0v) is 13.3. The zero-order valence-electron chi connectivity index (χ0n) is 11.7. The van der Waals surface area contributed by atoms with Gasteiger partial charge in [-0.15, -0.1) is 0 Å². The van der Waals surface area contributed by atoms with E-state index in [4.69, 9.17) is 5.73 Å². The van der Waals surface area contributed by atoms with Crippen molar-refractivity contribution in [3.05, 3.63) is 34.4 Å². The second-order valence-corrected chi connectivity index (χ2v) is 6.91. The summed E-state index contributed by atoms with van der Waals surface area (Å²) in [5, 5.41) is 7.49. The van der Waals surface area contributed by atoms with E-state index < -0.39 is 0 Å². The first kappa shape index (κ1) is 13.7. The van der Waals surface area contributed by atoms with Crippen molar-refractivity contribution >= 4 is 21.7 Å². The largest absolute Gasteiger partial charge is 0.382 e. The van der Waals surface area contributed by atoms with Gasteiger partial charge in [0.1, 0.15) is 0 Å². The predicted molar refractivity (Wildman–Crippen MR) is 86.6 cm³/mol. The fourth-order valence-electron chi connectivity index (χ4n) is 3.31. The first-order valence-electron chi connectivity index (χ1n) is 7.20. The molecule has 0 radical (unpaired) electrons. The number of aromatic nitrogens is 2. The lowest BCUT2D eigenvalue weighted by molar-refractivity contribution is 0.312. The Balaban J connectivity index is 2.10. The molecule has 1 aliphatic rings. The van der Waals surface area contributed by atoms with Crippen LogP contribution in [0.15, 0.2) is 28.7 Å². The Morgan fingerprint density at radius 3 is 2.70 bits per heavy atom. The number of halogens is 1. The van der Waals surface area contributed by atoms with Gasteiger partial charge in [-0.3, -0.25) is 5.10 Å². The Labute approximate surface area is 128 Å². The second kappa shape index (κ2) is 5.24. The van der Waals surface area contributed by atoms with Crippen LogP contribution in [-0.4, -0.2) is 10.2 Å². The summed E-state index contributed by atoms with van der Waals surface area (Å²) in [6, 6.07) is 8.28. The molecule has 1 fully saturated rings. The lowest BCUT2D eigenvalue weighted by Gasteiger charge is -2.33. The lowest BCUT2D eigenvalue weighted by Crippen LogP contribution is -2.26. The van der Waals surface area contributed by atoms with Gasteiger partial charge in [0.05, 0.1) is 5.69 Å². The van der Waals surface area contributed by atoms with Crippen LogP contribution >= 0.6 is 15.9 Å². The average Bonchev–Trinajstić information content (AvgIpc) is 2.82. The number of nitrogens with one attached hydrogen (secondary N) is 1. The number of anilines is 1. The quantitative estimate of drug-likeness (QED) is 0.840. The molecule has 0 atom stereocenters. The minimum Gasteiger partial charge on any atom is -0.382 e. The molecule has 0 aliphatic heterocycles. The molecule has 4 heteroatoms. The van der Waals surface area contributed by atoms with Crippen molar-refractivity contribution in [2.24, 2.45) is 0 Å². The zero-order chi connectivity index (χ0) is 14.2. The van der Waals surface area contributed by atoms with Crippen molar-refractivity contribution in [3.63, 3.8) is 0 Å². The van der Waals surface area contributed by atoms with Crippen molar-refractivity contribution < 1.29 is 0 Å². The van der Waals surface area contributed by atoms with E-state index in [1.54, 1.807) is 0 Å². The highest BCUT2D eigenvalue weighted by molar-refractivity contribution is 9.10. The van der Waals surface area contributed by atoms with Crippen LogP contribution in [-0.2, 0) is 5.41 Å². The molecule has 1 aliphatic carbocycles. The number of aromatic amines is 1. The molecule has 1 aromatic heterocycles.